The van der Waals surface area contributed by atoms with Gasteiger partial charge in [0.2, 0.25) is 11.4 Å². The van der Waals surface area contributed by atoms with Crippen LogP contribution in [0.3, 0.4) is 0 Å². The summed E-state index contributed by atoms with van der Waals surface area (Å²) in [5, 5.41) is 1.48. The largest absolute Gasteiger partial charge is 0.210 e. The number of aromatic nitrogens is 2. The minimum atomic E-state index is 0.740. The molecular formula is C22H16Cl2N2+2. The van der Waals surface area contributed by atoms with Gasteiger partial charge >= 0.3 is 0 Å². The topological polar surface area (TPSA) is 7.76 Å². The smallest absolute Gasteiger partial charge is 0.167 e. The normalized spacial score (nSPS) is 10.7. The van der Waals surface area contributed by atoms with E-state index in [9.17, 15) is 0 Å². The van der Waals surface area contributed by atoms with Crippen LogP contribution in [0, 0.1) is 0 Å². The first-order chi connectivity index (χ1) is 12.7. The summed E-state index contributed by atoms with van der Waals surface area (Å²) in [6.45, 7) is 0. The van der Waals surface area contributed by atoms with E-state index in [0.717, 1.165) is 21.4 Å². The van der Waals surface area contributed by atoms with Gasteiger partial charge in [0.1, 0.15) is 0 Å². The highest BCUT2D eigenvalue weighted by atomic mass is 35.5. The van der Waals surface area contributed by atoms with Crippen LogP contribution in [-0.2, 0) is 0 Å². The maximum absolute atomic E-state index is 5.95. The third-order valence-corrected chi connectivity index (χ3v) is 4.75. The van der Waals surface area contributed by atoms with Crippen LogP contribution >= 0.6 is 23.2 Å². The second-order valence-corrected chi connectivity index (χ2v) is 6.81. The lowest BCUT2D eigenvalue weighted by molar-refractivity contribution is -0.596. The first-order valence-corrected chi connectivity index (χ1v) is 8.99. The minimum Gasteiger partial charge on any atom is -0.167 e. The molecule has 0 unspecified atom stereocenters. The highest BCUT2D eigenvalue weighted by Crippen LogP contribution is 2.17. The summed E-state index contributed by atoms with van der Waals surface area (Å²) in [7, 11) is 0. The van der Waals surface area contributed by atoms with Crippen LogP contribution in [0.25, 0.3) is 22.5 Å². The molecule has 0 aliphatic carbocycles. The Morgan fingerprint density at radius 1 is 0.423 bits per heavy atom. The fraction of sp³-hybridized carbons (Fsp3) is 0. The molecule has 0 N–H and O–H groups in total. The van der Waals surface area contributed by atoms with Gasteiger partial charge < -0.3 is 0 Å². The van der Waals surface area contributed by atoms with E-state index >= 15 is 0 Å². The molecule has 0 bridgehead atoms. The van der Waals surface area contributed by atoms with Crippen molar-refractivity contribution in [2.45, 2.75) is 0 Å². The van der Waals surface area contributed by atoms with Crippen LogP contribution in [0.15, 0.2) is 97.6 Å². The van der Waals surface area contributed by atoms with E-state index in [1.165, 1.54) is 11.1 Å². The molecule has 4 aromatic rings. The molecule has 0 fully saturated rings. The van der Waals surface area contributed by atoms with Crippen molar-refractivity contribution in [3.63, 3.8) is 0 Å². The Balaban J connectivity index is 1.57. The van der Waals surface area contributed by atoms with Crippen molar-refractivity contribution in [1.82, 2.24) is 0 Å². The molecule has 4 rings (SSSR count). The average Bonchev–Trinajstić information content (AvgIpc) is 2.70. The summed E-state index contributed by atoms with van der Waals surface area (Å²) in [6.07, 6.45) is 8.22. The highest BCUT2D eigenvalue weighted by Gasteiger charge is 2.09. The molecule has 0 aliphatic rings. The third kappa shape index (κ3) is 3.62. The molecule has 0 saturated heterocycles. The fourth-order valence-corrected chi connectivity index (χ4v) is 3.06. The third-order valence-electron chi connectivity index (χ3n) is 4.24. The zero-order valence-corrected chi connectivity index (χ0v) is 15.4. The Bertz CT molecular complexity index is 921. The van der Waals surface area contributed by atoms with Gasteiger partial charge in [-0.15, -0.1) is 0 Å². The van der Waals surface area contributed by atoms with Crippen molar-refractivity contribution in [2.24, 2.45) is 0 Å². The Kier molecular flexibility index (Phi) is 4.70. The van der Waals surface area contributed by atoms with E-state index in [0.29, 0.717) is 0 Å². The number of nitrogens with zero attached hydrogens (tertiary/aromatic N) is 2. The summed E-state index contributed by atoms with van der Waals surface area (Å²) < 4.78 is 4.13. The summed E-state index contributed by atoms with van der Waals surface area (Å²) in [5.74, 6) is 0. The van der Waals surface area contributed by atoms with Crippen molar-refractivity contribution in [3.8, 4) is 22.5 Å². The number of hydrogen-bond donors (Lipinski definition) is 0. The summed E-state index contributed by atoms with van der Waals surface area (Å²) in [4.78, 5) is 0. The van der Waals surface area contributed by atoms with Crippen molar-refractivity contribution in [3.05, 3.63) is 108 Å². The summed E-state index contributed by atoms with van der Waals surface area (Å²) in [6, 6.07) is 24.0. The Morgan fingerprint density at radius 2 is 0.731 bits per heavy atom. The van der Waals surface area contributed by atoms with E-state index in [-0.39, 0.29) is 0 Å². The monoisotopic (exact) mass is 378 g/mol. The second kappa shape index (κ2) is 7.28. The van der Waals surface area contributed by atoms with Crippen molar-refractivity contribution in [2.75, 3.05) is 0 Å². The molecule has 2 nitrogen and oxygen atoms in total. The van der Waals surface area contributed by atoms with Gasteiger partial charge in [-0.25, -0.2) is 0 Å². The van der Waals surface area contributed by atoms with Crippen LogP contribution in [0.5, 0.6) is 0 Å². The molecule has 26 heavy (non-hydrogen) atoms. The van der Waals surface area contributed by atoms with Crippen molar-refractivity contribution < 1.29 is 9.13 Å². The molecule has 4 heteroatoms. The van der Waals surface area contributed by atoms with Crippen LogP contribution in [0.1, 0.15) is 0 Å². The maximum atomic E-state index is 5.95. The first kappa shape index (κ1) is 16.8. The zero-order chi connectivity index (χ0) is 17.9. The van der Waals surface area contributed by atoms with Crippen LogP contribution < -0.4 is 9.13 Å². The number of benzene rings is 2. The summed E-state index contributed by atoms with van der Waals surface area (Å²) >= 11 is 11.9. The number of pyridine rings is 2. The molecule has 0 amide bonds. The lowest BCUT2D eigenvalue weighted by Gasteiger charge is -2.01. The standard InChI is InChI=1S/C22H16Cl2N2/c23-19-1-5-21(6-2-19)25-13-9-17(10-14-25)18-11-15-26(16-12-18)22-7-3-20(24)4-8-22/h1-16H/q+2. The lowest BCUT2D eigenvalue weighted by atomic mass is 10.1. The maximum Gasteiger partial charge on any atom is 0.210 e. The van der Waals surface area contributed by atoms with Gasteiger partial charge in [-0.2, -0.15) is 9.13 Å². The van der Waals surface area contributed by atoms with E-state index in [1.807, 2.05) is 48.5 Å². The van der Waals surface area contributed by atoms with E-state index in [4.69, 9.17) is 23.2 Å². The Morgan fingerprint density at radius 3 is 1.04 bits per heavy atom. The van der Waals surface area contributed by atoms with E-state index in [1.54, 1.807) is 0 Å². The van der Waals surface area contributed by atoms with Gasteiger partial charge in [-0.3, -0.25) is 0 Å². The van der Waals surface area contributed by atoms with Gasteiger partial charge in [0.25, 0.3) is 0 Å². The van der Waals surface area contributed by atoms with Gasteiger partial charge in [0, 0.05) is 58.6 Å². The first-order valence-electron chi connectivity index (χ1n) is 8.24. The molecule has 126 valence electrons. The van der Waals surface area contributed by atoms with Crippen LogP contribution in [0.2, 0.25) is 10.0 Å². The second-order valence-electron chi connectivity index (χ2n) is 5.94. The molecule has 0 aliphatic heterocycles. The quantitative estimate of drug-likeness (QED) is 0.432. The number of hydrogen-bond acceptors (Lipinski definition) is 0. The molecule has 0 radical (unpaired) electrons. The van der Waals surface area contributed by atoms with Crippen molar-refractivity contribution >= 4 is 23.2 Å². The highest BCUT2D eigenvalue weighted by molar-refractivity contribution is 6.30. The predicted octanol–water partition coefficient (Wildman–Crippen LogP) is 5.21. The Hall–Kier alpha value is -2.68. The molecule has 2 aromatic heterocycles. The predicted molar refractivity (Wildman–Crippen MR) is 105 cm³/mol. The molecule has 0 saturated carbocycles. The minimum absolute atomic E-state index is 0.740. The lowest BCUT2D eigenvalue weighted by Crippen LogP contribution is -2.29. The van der Waals surface area contributed by atoms with E-state index in [2.05, 4.69) is 58.2 Å². The van der Waals surface area contributed by atoms with Crippen LogP contribution in [0.4, 0.5) is 0 Å². The number of halogens is 2. The number of rotatable bonds is 3. The zero-order valence-electron chi connectivity index (χ0n) is 13.9. The van der Waals surface area contributed by atoms with Gasteiger partial charge in [-0.1, -0.05) is 23.2 Å². The van der Waals surface area contributed by atoms with Crippen LogP contribution in [-0.4, -0.2) is 0 Å². The van der Waals surface area contributed by atoms with Gasteiger partial charge in [0.15, 0.2) is 24.8 Å². The van der Waals surface area contributed by atoms with Gasteiger partial charge in [-0.05, 0) is 35.4 Å². The molecule has 2 heterocycles. The fourth-order valence-electron chi connectivity index (χ4n) is 2.81. The molecular weight excluding hydrogens is 363 g/mol. The van der Waals surface area contributed by atoms with Gasteiger partial charge in [0.05, 0.1) is 0 Å². The van der Waals surface area contributed by atoms with Crippen molar-refractivity contribution in [1.29, 1.82) is 0 Å². The molecule has 0 spiro atoms. The molecule has 0 atom stereocenters. The average molecular weight is 379 g/mol. The SMILES string of the molecule is Clc1ccc(-[n+]2ccc(-c3cc[n+](-c4ccc(Cl)cc4)cc3)cc2)cc1. The van der Waals surface area contributed by atoms with E-state index < -0.39 is 0 Å². The Labute approximate surface area is 162 Å². The summed E-state index contributed by atoms with van der Waals surface area (Å²) in [5.41, 5.74) is 4.49. The molecule has 2 aromatic carbocycles.